The maximum absolute atomic E-state index is 11.4. The van der Waals surface area contributed by atoms with Gasteiger partial charge in [-0.05, 0) is 0 Å². The number of carbonyl (C=O) groups is 1. The molecule has 0 spiro atoms. The fourth-order valence-electron chi connectivity index (χ4n) is 1.02. The van der Waals surface area contributed by atoms with Gasteiger partial charge in [0.1, 0.15) is 5.56 Å². The Bertz CT molecular complexity index is 409. The van der Waals surface area contributed by atoms with E-state index in [-0.39, 0.29) is 11.0 Å². The van der Waals surface area contributed by atoms with Crippen molar-refractivity contribution in [3.8, 4) is 0 Å². The second-order valence-electron chi connectivity index (χ2n) is 2.84. The van der Waals surface area contributed by atoms with Gasteiger partial charge in [0.05, 0.1) is 0 Å². The van der Waals surface area contributed by atoms with Gasteiger partial charge in [-0.2, -0.15) is 0 Å². The molecule has 15 heavy (non-hydrogen) atoms. The zero-order valence-corrected chi connectivity index (χ0v) is 8.19. The Balaban J connectivity index is 2.58. The lowest BCUT2D eigenvalue weighted by molar-refractivity contribution is 0.0956. The van der Waals surface area contributed by atoms with Crippen LogP contribution in [0.5, 0.6) is 0 Å². The predicted molar refractivity (Wildman–Crippen MR) is 57.6 cm³/mol. The molecule has 0 unspecified atom stereocenters. The SMILES string of the molecule is NC/C=C/CNC(=O)c1c[nH]ccc1=O. The highest BCUT2D eigenvalue weighted by molar-refractivity contribution is 5.93. The van der Waals surface area contributed by atoms with Gasteiger partial charge in [0.25, 0.3) is 5.91 Å². The Morgan fingerprint density at radius 3 is 3.00 bits per heavy atom. The molecule has 0 bridgehead atoms. The van der Waals surface area contributed by atoms with Crippen molar-refractivity contribution in [1.82, 2.24) is 10.3 Å². The molecular weight excluding hydrogens is 194 g/mol. The number of aromatic amines is 1. The van der Waals surface area contributed by atoms with E-state index in [1.54, 1.807) is 12.2 Å². The fraction of sp³-hybridized carbons (Fsp3) is 0.200. The van der Waals surface area contributed by atoms with Gasteiger partial charge in [-0.15, -0.1) is 0 Å². The number of hydrogen-bond acceptors (Lipinski definition) is 3. The highest BCUT2D eigenvalue weighted by Gasteiger charge is 2.06. The summed E-state index contributed by atoms with van der Waals surface area (Å²) in [5.74, 6) is -0.390. The number of nitrogens with one attached hydrogen (secondary N) is 2. The molecule has 0 aromatic carbocycles. The number of amides is 1. The van der Waals surface area contributed by atoms with E-state index >= 15 is 0 Å². The van der Waals surface area contributed by atoms with E-state index in [1.807, 2.05) is 0 Å². The minimum atomic E-state index is -0.390. The second-order valence-corrected chi connectivity index (χ2v) is 2.84. The molecule has 0 atom stereocenters. The van der Waals surface area contributed by atoms with Crippen LogP contribution in [0.3, 0.4) is 0 Å². The van der Waals surface area contributed by atoms with Crippen LogP contribution in [0.4, 0.5) is 0 Å². The largest absolute Gasteiger partial charge is 0.367 e. The first-order valence-electron chi connectivity index (χ1n) is 4.56. The first-order chi connectivity index (χ1) is 7.25. The smallest absolute Gasteiger partial charge is 0.256 e. The first kappa shape index (κ1) is 11.2. The number of hydrogen-bond donors (Lipinski definition) is 3. The molecule has 5 nitrogen and oxygen atoms in total. The molecule has 80 valence electrons. The quantitative estimate of drug-likeness (QED) is 0.588. The maximum atomic E-state index is 11.4. The standard InChI is InChI=1S/C10H13N3O2/c11-4-1-2-5-13-10(15)8-7-12-6-3-9(8)14/h1-3,6-7H,4-5,11H2,(H,12,14)(H,13,15)/b2-1+. The van der Waals surface area contributed by atoms with Crippen molar-refractivity contribution < 1.29 is 4.79 Å². The van der Waals surface area contributed by atoms with Crippen molar-refractivity contribution in [3.05, 3.63) is 46.4 Å². The predicted octanol–water partition coefficient (Wildman–Crippen LogP) is -0.380. The molecule has 0 aliphatic heterocycles. The van der Waals surface area contributed by atoms with Crippen molar-refractivity contribution in [3.63, 3.8) is 0 Å². The molecule has 0 saturated carbocycles. The third-order valence-corrected chi connectivity index (χ3v) is 1.75. The van der Waals surface area contributed by atoms with Crippen LogP contribution in [0.1, 0.15) is 10.4 Å². The van der Waals surface area contributed by atoms with Crippen LogP contribution in [0.15, 0.2) is 35.4 Å². The fourth-order valence-corrected chi connectivity index (χ4v) is 1.02. The van der Waals surface area contributed by atoms with Gasteiger partial charge in [-0.1, -0.05) is 12.2 Å². The molecule has 0 fully saturated rings. The Labute approximate surface area is 87.0 Å². The monoisotopic (exact) mass is 207 g/mol. The average Bonchev–Trinajstić information content (AvgIpc) is 2.25. The molecule has 1 aromatic rings. The third-order valence-electron chi connectivity index (χ3n) is 1.75. The van der Waals surface area contributed by atoms with Gasteiger partial charge in [0.2, 0.25) is 0 Å². The lowest BCUT2D eigenvalue weighted by Gasteiger charge is -2.00. The van der Waals surface area contributed by atoms with Gasteiger partial charge in [-0.25, -0.2) is 0 Å². The minimum Gasteiger partial charge on any atom is -0.367 e. The lowest BCUT2D eigenvalue weighted by atomic mass is 10.2. The van der Waals surface area contributed by atoms with E-state index in [9.17, 15) is 9.59 Å². The average molecular weight is 207 g/mol. The minimum absolute atomic E-state index is 0.110. The highest BCUT2D eigenvalue weighted by atomic mass is 16.2. The van der Waals surface area contributed by atoms with Crippen LogP contribution in [-0.4, -0.2) is 24.0 Å². The van der Waals surface area contributed by atoms with Crippen LogP contribution in [0, 0.1) is 0 Å². The summed E-state index contributed by atoms with van der Waals surface area (Å²) in [6.07, 6.45) is 6.32. The van der Waals surface area contributed by atoms with E-state index in [1.165, 1.54) is 18.5 Å². The van der Waals surface area contributed by atoms with Crippen LogP contribution in [-0.2, 0) is 0 Å². The number of aromatic nitrogens is 1. The van der Waals surface area contributed by atoms with Crippen LogP contribution < -0.4 is 16.5 Å². The Kier molecular flexibility index (Phi) is 4.30. The third kappa shape index (κ3) is 3.40. The van der Waals surface area contributed by atoms with Gasteiger partial charge < -0.3 is 16.0 Å². The van der Waals surface area contributed by atoms with Crippen molar-refractivity contribution in [1.29, 1.82) is 0 Å². The van der Waals surface area contributed by atoms with Crippen LogP contribution in [0.25, 0.3) is 0 Å². The molecular formula is C10H13N3O2. The summed E-state index contributed by atoms with van der Waals surface area (Å²) < 4.78 is 0. The van der Waals surface area contributed by atoms with Crippen molar-refractivity contribution in [2.75, 3.05) is 13.1 Å². The van der Waals surface area contributed by atoms with Gasteiger partial charge in [0.15, 0.2) is 5.43 Å². The number of nitrogens with two attached hydrogens (primary N) is 1. The van der Waals surface area contributed by atoms with E-state index in [4.69, 9.17) is 5.73 Å². The van der Waals surface area contributed by atoms with E-state index in [0.29, 0.717) is 13.1 Å². The topological polar surface area (TPSA) is 88.0 Å². The zero-order chi connectivity index (χ0) is 11.1. The molecule has 0 aliphatic rings. The Morgan fingerprint density at radius 1 is 1.53 bits per heavy atom. The molecule has 5 heteroatoms. The van der Waals surface area contributed by atoms with Crippen LogP contribution in [0.2, 0.25) is 0 Å². The molecule has 0 saturated heterocycles. The van der Waals surface area contributed by atoms with Gasteiger partial charge in [-0.3, -0.25) is 9.59 Å². The summed E-state index contributed by atoms with van der Waals surface area (Å²) in [4.78, 5) is 25.3. The Morgan fingerprint density at radius 2 is 2.33 bits per heavy atom. The molecule has 1 amide bonds. The summed E-state index contributed by atoms with van der Waals surface area (Å²) in [6, 6.07) is 1.31. The molecule has 1 heterocycles. The van der Waals surface area contributed by atoms with Crippen molar-refractivity contribution in [2.24, 2.45) is 5.73 Å². The molecule has 1 rings (SSSR count). The summed E-state index contributed by atoms with van der Waals surface area (Å²) in [7, 11) is 0. The van der Waals surface area contributed by atoms with E-state index in [2.05, 4.69) is 10.3 Å². The van der Waals surface area contributed by atoms with Crippen LogP contribution >= 0.6 is 0 Å². The number of rotatable bonds is 4. The number of carbonyl (C=O) groups excluding carboxylic acids is 1. The molecule has 1 aromatic heterocycles. The lowest BCUT2D eigenvalue weighted by Crippen LogP contribution is -2.28. The number of pyridine rings is 1. The highest BCUT2D eigenvalue weighted by Crippen LogP contribution is 1.87. The van der Waals surface area contributed by atoms with Crippen molar-refractivity contribution in [2.45, 2.75) is 0 Å². The Hall–Kier alpha value is -1.88. The zero-order valence-electron chi connectivity index (χ0n) is 8.19. The van der Waals surface area contributed by atoms with Gasteiger partial charge >= 0.3 is 0 Å². The normalized spacial score (nSPS) is 10.5. The molecule has 0 aliphatic carbocycles. The summed E-state index contributed by atoms with van der Waals surface area (Å²) in [5, 5.41) is 2.57. The maximum Gasteiger partial charge on any atom is 0.256 e. The summed E-state index contributed by atoms with van der Waals surface area (Å²) >= 11 is 0. The van der Waals surface area contributed by atoms with E-state index < -0.39 is 5.91 Å². The summed E-state index contributed by atoms with van der Waals surface area (Å²) in [5.41, 5.74) is 5.04. The van der Waals surface area contributed by atoms with E-state index in [0.717, 1.165) is 0 Å². The second kappa shape index (κ2) is 5.77. The van der Waals surface area contributed by atoms with Crippen molar-refractivity contribution >= 4 is 5.91 Å². The number of H-pyrrole nitrogens is 1. The first-order valence-corrected chi connectivity index (χ1v) is 4.56. The summed E-state index contributed by atoms with van der Waals surface area (Å²) in [6.45, 7) is 0.798. The van der Waals surface area contributed by atoms with Gasteiger partial charge in [0, 0.05) is 31.5 Å². The molecule has 4 N–H and O–H groups in total. The molecule has 0 radical (unpaired) electrons.